The highest BCUT2D eigenvalue weighted by Gasteiger charge is 2.07. The molecule has 0 spiro atoms. The Kier molecular flexibility index (Phi) is 4.23. The third-order valence-corrected chi connectivity index (χ3v) is 2.11. The second-order valence-electron chi connectivity index (χ2n) is 2.77. The van der Waals surface area contributed by atoms with Gasteiger partial charge in [-0.25, -0.2) is 4.79 Å². The molecule has 15 heavy (non-hydrogen) atoms. The average Bonchev–Trinajstić information content (AvgIpc) is 2.18. The number of amides is 1. The van der Waals surface area contributed by atoms with E-state index >= 15 is 0 Å². The van der Waals surface area contributed by atoms with E-state index in [0.717, 1.165) is 4.47 Å². The molecule has 0 atom stereocenters. The van der Waals surface area contributed by atoms with E-state index in [-0.39, 0.29) is 18.7 Å². The zero-order valence-electron chi connectivity index (χ0n) is 7.74. The van der Waals surface area contributed by atoms with E-state index in [4.69, 9.17) is 5.11 Å². The Balaban J connectivity index is 2.47. The van der Waals surface area contributed by atoms with Crippen LogP contribution in [-0.2, 0) is 0 Å². The summed E-state index contributed by atoms with van der Waals surface area (Å²) in [6, 6.07) is 3.30. The van der Waals surface area contributed by atoms with Gasteiger partial charge in [-0.05, 0) is 28.1 Å². The fourth-order valence-corrected chi connectivity index (χ4v) is 1.19. The number of carbonyl (C=O) groups excluding carboxylic acids is 1. The predicted molar refractivity (Wildman–Crippen MR) is 56.9 cm³/mol. The minimum absolute atomic E-state index is 0.103. The first-order chi connectivity index (χ1) is 7.09. The Morgan fingerprint density at radius 3 is 2.73 bits per heavy atom. The summed E-state index contributed by atoms with van der Waals surface area (Å²) in [6.45, 7) is 0.103. The number of Topliss-reactive ketones (excluding diaryl/α,β-unsaturated/α-hetero) is 1. The third-order valence-electron chi connectivity index (χ3n) is 1.64. The summed E-state index contributed by atoms with van der Waals surface area (Å²) in [6.07, 6.45) is 0.505. The zero-order valence-corrected chi connectivity index (χ0v) is 9.32. The van der Waals surface area contributed by atoms with E-state index in [0.29, 0.717) is 5.69 Å². The number of rotatable bonds is 4. The monoisotopic (exact) mass is 272 g/mol. The molecule has 2 N–H and O–H groups in total. The minimum Gasteiger partial charge on any atom is -0.465 e. The van der Waals surface area contributed by atoms with Gasteiger partial charge < -0.3 is 10.4 Å². The van der Waals surface area contributed by atoms with E-state index in [1.54, 1.807) is 12.1 Å². The lowest BCUT2D eigenvalue weighted by atomic mass is 10.2. The van der Waals surface area contributed by atoms with E-state index < -0.39 is 6.09 Å². The molecule has 0 aliphatic heterocycles. The van der Waals surface area contributed by atoms with Crippen LogP contribution in [-0.4, -0.2) is 28.5 Å². The van der Waals surface area contributed by atoms with Crippen molar-refractivity contribution in [1.29, 1.82) is 0 Å². The summed E-state index contributed by atoms with van der Waals surface area (Å²) in [5, 5.41) is 10.4. The van der Waals surface area contributed by atoms with Crippen LogP contribution in [0.3, 0.4) is 0 Å². The fraction of sp³-hybridized carbons (Fsp3) is 0.222. The first-order valence-corrected chi connectivity index (χ1v) is 5.00. The smallest absolute Gasteiger partial charge is 0.404 e. The number of aromatic nitrogens is 1. The molecule has 0 aliphatic carbocycles. The molecular weight excluding hydrogens is 264 g/mol. The number of nitrogens with zero attached hydrogens (tertiary/aromatic N) is 1. The van der Waals surface area contributed by atoms with Crippen molar-refractivity contribution in [2.45, 2.75) is 6.42 Å². The van der Waals surface area contributed by atoms with Crippen molar-refractivity contribution in [2.75, 3.05) is 6.54 Å². The van der Waals surface area contributed by atoms with Gasteiger partial charge in [0.2, 0.25) is 0 Å². The normalized spacial score (nSPS) is 9.67. The topological polar surface area (TPSA) is 79.3 Å². The largest absolute Gasteiger partial charge is 0.465 e. The van der Waals surface area contributed by atoms with Crippen LogP contribution in [0.25, 0.3) is 0 Å². The van der Waals surface area contributed by atoms with Crippen molar-refractivity contribution < 1.29 is 14.7 Å². The van der Waals surface area contributed by atoms with Crippen molar-refractivity contribution in [1.82, 2.24) is 10.3 Å². The molecule has 0 fully saturated rings. The van der Waals surface area contributed by atoms with Gasteiger partial charge in [-0.1, -0.05) is 0 Å². The molecule has 0 bridgehead atoms. The Hall–Kier alpha value is -1.43. The van der Waals surface area contributed by atoms with Crippen molar-refractivity contribution in [2.24, 2.45) is 0 Å². The Labute approximate surface area is 94.6 Å². The van der Waals surface area contributed by atoms with Gasteiger partial charge in [-0.2, -0.15) is 0 Å². The first-order valence-electron chi connectivity index (χ1n) is 4.21. The first kappa shape index (κ1) is 11.6. The van der Waals surface area contributed by atoms with Crippen LogP contribution >= 0.6 is 15.9 Å². The van der Waals surface area contributed by atoms with Crippen molar-refractivity contribution >= 4 is 27.8 Å². The summed E-state index contributed by atoms with van der Waals surface area (Å²) in [5.41, 5.74) is 0.338. The number of hydrogen-bond acceptors (Lipinski definition) is 3. The average molecular weight is 273 g/mol. The lowest BCUT2D eigenvalue weighted by Gasteiger charge is -2.00. The number of nitrogens with one attached hydrogen (secondary N) is 1. The molecule has 0 saturated heterocycles. The molecule has 1 aromatic heterocycles. The molecule has 0 unspecified atom stereocenters. The van der Waals surface area contributed by atoms with Crippen LogP contribution in [0, 0.1) is 0 Å². The summed E-state index contributed by atoms with van der Waals surface area (Å²) >= 11 is 3.20. The molecule has 5 nitrogen and oxygen atoms in total. The van der Waals surface area contributed by atoms with E-state index in [2.05, 4.69) is 26.2 Å². The van der Waals surface area contributed by atoms with Crippen LogP contribution in [0.4, 0.5) is 4.79 Å². The SMILES string of the molecule is O=C(O)NCCC(=O)c1ccc(Br)cn1. The van der Waals surface area contributed by atoms with Crippen LogP contribution in [0.1, 0.15) is 16.9 Å². The summed E-state index contributed by atoms with van der Waals surface area (Å²) in [5.74, 6) is -0.184. The van der Waals surface area contributed by atoms with E-state index in [9.17, 15) is 9.59 Å². The molecule has 1 heterocycles. The van der Waals surface area contributed by atoms with Crippen LogP contribution in [0.2, 0.25) is 0 Å². The summed E-state index contributed by atoms with van der Waals surface area (Å²) in [4.78, 5) is 25.4. The number of halogens is 1. The molecule has 0 aliphatic rings. The molecular formula is C9H9BrN2O3. The van der Waals surface area contributed by atoms with Gasteiger partial charge in [0.1, 0.15) is 5.69 Å². The highest BCUT2D eigenvalue weighted by Crippen LogP contribution is 2.08. The van der Waals surface area contributed by atoms with E-state index in [1.807, 2.05) is 0 Å². The number of hydrogen-bond donors (Lipinski definition) is 2. The number of pyridine rings is 1. The van der Waals surface area contributed by atoms with Gasteiger partial charge in [-0.15, -0.1) is 0 Å². The summed E-state index contributed by atoms with van der Waals surface area (Å²) in [7, 11) is 0. The maximum Gasteiger partial charge on any atom is 0.404 e. The number of carbonyl (C=O) groups is 2. The Morgan fingerprint density at radius 2 is 2.20 bits per heavy atom. The molecule has 0 aromatic carbocycles. The van der Waals surface area contributed by atoms with Gasteiger partial charge in [0.25, 0.3) is 0 Å². The number of ketones is 1. The lowest BCUT2D eigenvalue weighted by Crippen LogP contribution is -2.24. The standard InChI is InChI=1S/C9H9BrN2O3/c10-6-1-2-7(12-5-6)8(13)3-4-11-9(14)15/h1-2,5,11H,3-4H2,(H,14,15). The molecule has 0 radical (unpaired) electrons. The van der Waals surface area contributed by atoms with Crippen molar-refractivity contribution in [3.05, 3.63) is 28.5 Å². The molecule has 6 heteroatoms. The molecule has 80 valence electrons. The Morgan fingerprint density at radius 1 is 1.47 bits per heavy atom. The molecule has 1 aromatic rings. The number of carboxylic acid groups (broad SMARTS) is 1. The predicted octanol–water partition coefficient (Wildman–Crippen LogP) is 1.68. The maximum absolute atomic E-state index is 11.4. The second-order valence-corrected chi connectivity index (χ2v) is 3.68. The van der Waals surface area contributed by atoms with Gasteiger partial charge in [0.15, 0.2) is 5.78 Å². The molecule has 0 saturated carbocycles. The minimum atomic E-state index is -1.13. The quantitative estimate of drug-likeness (QED) is 0.818. The molecule has 1 rings (SSSR count). The van der Waals surface area contributed by atoms with E-state index in [1.165, 1.54) is 6.20 Å². The Bertz CT molecular complexity index is 364. The zero-order chi connectivity index (χ0) is 11.3. The van der Waals surface area contributed by atoms with Gasteiger partial charge in [0.05, 0.1) is 0 Å². The van der Waals surface area contributed by atoms with Gasteiger partial charge >= 0.3 is 6.09 Å². The van der Waals surface area contributed by atoms with Crippen LogP contribution in [0.15, 0.2) is 22.8 Å². The highest BCUT2D eigenvalue weighted by molar-refractivity contribution is 9.10. The van der Waals surface area contributed by atoms with Gasteiger partial charge in [-0.3, -0.25) is 9.78 Å². The fourth-order valence-electron chi connectivity index (χ4n) is 0.952. The molecule has 1 amide bonds. The lowest BCUT2D eigenvalue weighted by molar-refractivity contribution is 0.0978. The van der Waals surface area contributed by atoms with Crippen LogP contribution < -0.4 is 5.32 Å². The van der Waals surface area contributed by atoms with Gasteiger partial charge in [0, 0.05) is 23.6 Å². The second kappa shape index (κ2) is 5.45. The third kappa shape index (κ3) is 4.07. The van der Waals surface area contributed by atoms with Crippen LogP contribution in [0.5, 0.6) is 0 Å². The van der Waals surface area contributed by atoms with Crippen molar-refractivity contribution in [3.8, 4) is 0 Å². The maximum atomic E-state index is 11.4. The summed E-state index contributed by atoms with van der Waals surface area (Å²) < 4.78 is 0.794. The van der Waals surface area contributed by atoms with Crippen molar-refractivity contribution in [3.63, 3.8) is 0 Å². The highest BCUT2D eigenvalue weighted by atomic mass is 79.9.